The van der Waals surface area contributed by atoms with E-state index in [9.17, 15) is 9.59 Å². The van der Waals surface area contributed by atoms with Gasteiger partial charge in [-0.1, -0.05) is 28.9 Å². The summed E-state index contributed by atoms with van der Waals surface area (Å²) in [4.78, 5) is 25.0. The number of carbonyl (C=O) groups excluding carboxylic acids is 2. The first kappa shape index (κ1) is 17.6. The molecule has 7 heteroatoms. The highest BCUT2D eigenvalue weighted by Crippen LogP contribution is 2.20. The summed E-state index contributed by atoms with van der Waals surface area (Å²) in [5.74, 6) is 4.77. The van der Waals surface area contributed by atoms with Gasteiger partial charge in [0.2, 0.25) is 5.91 Å². The van der Waals surface area contributed by atoms with Gasteiger partial charge in [-0.3, -0.25) is 19.9 Å². The minimum absolute atomic E-state index is 0.00889. The number of likely N-dealkylation sites (N-methyl/N-ethyl adjacent to an activating group) is 1. The molecule has 0 saturated carbocycles. The molecular formula is C14H21BrN4O2. The zero-order valence-corrected chi connectivity index (χ0v) is 13.9. The minimum Gasteiger partial charge on any atom is -0.355 e. The number of carbonyl (C=O) groups is 2. The number of amides is 2. The molecule has 0 atom stereocenters. The molecule has 1 aromatic rings. The lowest BCUT2D eigenvalue weighted by atomic mass is 10.1. The van der Waals surface area contributed by atoms with Crippen molar-refractivity contribution in [3.8, 4) is 0 Å². The zero-order chi connectivity index (χ0) is 15.8. The number of benzene rings is 1. The Labute approximate surface area is 133 Å². The van der Waals surface area contributed by atoms with E-state index in [1.807, 2.05) is 24.9 Å². The molecule has 0 fully saturated rings. The third-order valence-corrected chi connectivity index (χ3v) is 3.61. The fourth-order valence-corrected chi connectivity index (χ4v) is 2.32. The quantitative estimate of drug-likeness (QED) is 0.386. The second-order valence-electron chi connectivity index (χ2n) is 4.80. The first-order valence-corrected chi connectivity index (χ1v) is 7.51. The summed E-state index contributed by atoms with van der Waals surface area (Å²) in [5.41, 5.74) is 3.57. The first-order valence-electron chi connectivity index (χ1n) is 6.72. The number of nitrogens with zero attached hydrogens (tertiary/aromatic N) is 1. The average Bonchev–Trinajstić information content (AvgIpc) is 2.46. The van der Waals surface area contributed by atoms with E-state index in [2.05, 4.69) is 26.7 Å². The third kappa shape index (κ3) is 5.82. The Bertz CT molecular complexity index is 508. The summed E-state index contributed by atoms with van der Waals surface area (Å²) in [6, 6.07) is 5.25. The molecule has 0 aliphatic rings. The van der Waals surface area contributed by atoms with Crippen molar-refractivity contribution in [2.75, 3.05) is 20.1 Å². The average molecular weight is 357 g/mol. The van der Waals surface area contributed by atoms with Gasteiger partial charge in [-0.05, 0) is 31.2 Å². The molecule has 116 valence electrons. The van der Waals surface area contributed by atoms with E-state index in [0.29, 0.717) is 25.2 Å². The highest BCUT2D eigenvalue weighted by atomic mass is 79.9. The molecule has 1 aromatic carbocycles. The number of rotatable bonds is 7. The van der Waals surface area contributed by atoms with E-state index in [0.717, 1.165) is 16.5 Å². The van der Waals surface area contributed by atoms with Crippen molar-refractivity contribution in [1.29, 1.82) is 0 Å². The molecule has 0 spiro atoms. The number of hydrogen-bond donors (Lipinski definition) is 3. The summed E-state index contributed by atoms with van der Waals surface area (Å²) < 4.78 is 0.810. The summed E-state index contributed by atoms with van der Waals surface area (Å²) in [7, 11) is 1.87. The number of hydrazine groups is 1. The van der Waals surface area contributed by atoms with Gasteiger partial charge < -0.3 is 5.32 Å². The van der Waals surface area contributed by atoms with E-state index in [-0.39, 0.29) is 11.8 Å². The summed E-state index contributed by atoms with van der Waals surface area (Å²) in [6.07, 6.45) is 0.922. The Hall–Kier alpha value is -1.44. The predicted molar refractivity (Wildman–Crippen MR) is 85.4 cm³/mol. The van der Waals surface area contributed by atoms with Gasteiger partial charge in [0.05, 0.1) is 6.54 Å². The minimum atomic E-state index is -0.338. The lowest BCUT2D eigenvalue weighted by molar-refractivity contribution is -0.122. The van der Waals surface area contributed by atoms with E-state index in [1.165, 1.54) is 0 Å². The van der Waals surface area contributed by atoms with E-state index >= 15 is 0 Å². The molecule has 2 amide bonds. The molecule has 0 unspecified atom stereocenters. The lowest BCUT2D eigenvalue weighted by Gasteiger charge is -2.17. The van der Waals surface area contributed by atoms with Crippen molar-refractivity contribution in [3.63, 3.8) is 0 Å². The van der Waals surface area contributed by atoms with Gasteiger partial charge in [0.15, 0.2) is 0 Å². The SMILES string of the molecule is CCCNC(=O)CN(C)Cc1ccc(C(=O)NN)cc1Br. The van der Waals surface area contributed by atoms with E-state index in [4.69, 9.17) is 5.84 Å². The predicted octanol–water partition coefficient (Wildman–Crippen LogP) is 1.01. The van der Waals surface area contributed by atoms with Crippen LogP contribution in [-0.2, 0) is 11.3 Å². The number of hydrogen-bond acceptors (Lipinski definition) is 4. The zero-order valence-electron chi connectivity index (χ0n) is 12.3. The fraction of sp³-hybridized carbons (Fsp3) is 0.429. The second kappa shape index (κ2) is 8.76. The van der Waals surface area contributed by atoms with Crippen LogP contribution in [0, 0.1) is 0 Å². The maximum atomic E-state index is 11.6. The van der Waals surface area contributed by atoms with Crippen molar-refractivity contribution in [2.24, 2.45) is 5.84 Å². The van der Waals surface area contributed by atoms with Gasteiger partial charge in [0.25, 0.3) is 5.91 Å². The van der Waals surface area contributed by atoms with Crippen LogP contribution in [0.3, 0.4) is 0 Å². The van der Waals surface area contributed by atoms with Crippen LogP contribution in [0.15, 0.2) is 22.7 Å². The van der Waals surface area contributed by atoms with Crippen LogP contribution in [0.25, 0.3) is 0 Å². The van der Waals surface area contributed by atoms with Crippen LogP contribution >= 0.6 is 15.9 Å². The Balaban J connectivity index is 2.62. The standard InChI is InChI=1S/C14H21BrN4O2/c1-3-6-17-13(20)9-19(2)8-11-5-4-10(7-12(11)15)14(21)18-16/h4-5,7H,3,6,8-9,16H2,1-2H3,(H,17,20)(H,18,21). The molecule has 0 radical (unpaired) electrons. The van der Waals surface area contributed by atoms with Gasteiger partial charge in [0.1, 0.15) is 0 Å². The van der Waals surface area contributed by atoms with Crippen LogP contribution in [0.1, 0.15) is 29.3 Å². The van der Waals surface area contributed by atoms with Crippen molar-refractivity contribution >= 4 is 27.7 Å². The molecule has 0 heterocycles. The van der Waals surface area contributed by atoms with Crippen LogP contribution in [0.2, 0.25) is 0 Å². The molecule has 21 heavy (non-hydrogen) atoms. The molecule has 1 rings (SSSR count). The monoisotopic (exact) mass is 356 g/mol. The van der Waals surface area contributed by atoms with Crippen molar-refractivity contribution in [2.45, 2.75) is 19.9 Å². The third-order valence-electron chi connectivity index (χ3n) is 2.87. The molecule has 0 aliphatic carbocycles. The van der Waals surface area contributed by atoms with Crippen LogP contribution in [0.5, 0.6) is 0 Å². The van der Waals surface area contributed by atoms with Crippen LogP contribution < -0.4 is 16.6 Å². The fourth-order valence-electron chi connectivity index (χ4n) is 1.81. The Morgan fingerprint density at radius 1 is 1.38 bits per heavy atom. The molecule has 0 aromatic heterocycles. The lowest BCUT2D eigenvalue weighted by Crippen LogP contribution is -2.35. The summed E-state index contributed by atoms with van der Waals surface area (Å²) in [6.45, 7) is 3.64. The van der Waals surface area contributed by atoms with Gasteiger partial charge in [0, 0.05) is 23.1 Å². The molecule has 0 aliphatic heterocycles. The second-order valence-corrected chi connectivity index (χ2v) is 5.66. The maximum absolute atomic E-state index is 11.6. The van der Waals surface area contributed by atoms with Gasteiger partial charge >= 0.3 is 0 Å². The van der Waals surface area contributed by atoms with E-state index < -0.39 is 0 Å². The van der Waals surface area contributed by atoms with E-state index in [1.54, 1.807) is 12.1 Å². The smallest absolute Gasteiger partial charge is 0.265 e. The van der Waals surface area contributed by atoms with Gasteiger partial charge in [-0.25, -0.2) is 5.84 Å². The normalized spacial score (nSPS) is 10.5. The van der Waals surface area contributed by atoms with Crippen molar-refractivity contribution < 1.29 is 9.59 Å². The molecule has 6 nitrogen and oxygen atoms in total. The number of nitrogens with one attached hydrogen (secondary N) is 2. The van der Waals surface area contributed by atoms with Gasteiger partial charge in [-0.2, -0.15) is 0 Å². The highest BCUT2D eigenvalue weighted by Gasteiger charge is 2.11. The largest absolute Gasteiger partial charge is 0.355 e. The highest BCUT2D eigenvalue weighted by molar-refractivity contribution is 9.10. The summed E-state index contributed by atoms with van der Waals surface area (Å²) in [5, 5.41) is 2.84. The van der Waals surface area contributed by atoms with Crippen LogP contribution in [-0.4, -0.2) is 36.9 Å². The Kier molecular flexibility index (Phi) is 7.35. The van der Waals surface area contributed by atoms with Crippen molar-refractivity contribution in [3.05, 3.63) is 33.8 Å². The Morgan fingerprint density at radius 3 is 2.67 bits per heavy atom. The van der Waals surface area contributed by atoms with Crippen molar-refractivity contribution in [1.82, 2.24) is 15.6 Å². The Morgan fingerprint density at radius 2 is 2.10 bits per heavy atom. The number of halogens is 1. The number of nitrogen functional groups attached to an aromatic ring is 1. The molecule has 0 saturated heterocycles. The van der Waals surface area contributed by atoms with Gasteiger partial charge in [-0.15, -0.1) is 0 Å². The topological polar surface area (TPSA) is 87.5 Å². The molecule has 0 bridgehead atoms. The maximum Gasteiger partial charge on any atom is 0.265 e. The summed E-state index contributed by atoms with van der Waals surface area (Å²) >= 11 is 3.43. The van der Waals surface area contributed by atoms with Crippen LogP contribution in [0.4, 0.5) is 0 Å². The molecular weight excluding hydrogens is 336 g/mol. The molecule has 4 N–H and O–H groups in total. The number of nitrogens with two attached hydrogens (primary N) is 1. The first-order chi connectivity index (χ1) is 9.97.